The summed E-state index contributed by atoms with van der Waals surface area (Å²) in [6.45, 7) is 5.63. The van der Waals surface area contributed by atoms with Gasteiger partial charge in [0.05, 0.1) is 24.8 Å². The summed E-state index contributed by atoms with van der Waals surface area (Å²) >= 11 is 0. The molecule has 6 nitrogen and oxygen atoms in total. The lowest BCUT2D eigenvalue weighted by Gasteiger charge is -2.25. The van der Waals surface area contributed by atoms with Crippen LogP contribution in [0.1, 0.15) is 55.8 Å². The van der Waals surface area contributed by atoms with E-state index >= 15 is 0 Å². The average molecular weight is 436 g/mol. The van der Waals surface area contributed by atoms with Crippen molar-refractivity contribution in [2.45, 2.75) is 45.6 Å². The SMILES string of the molecule is CCCCCN1C(=O)C(=O)/C(=C(\O)c2ccc3c(c2)CCO3)C1c1ccc(OCC)cc1. The number of ether oxygens (including phenoxy) is 2. The van der Waals surface area contributed by atoms with Gasteiger partial charge in [0.25, 0.3) is 11.7 Å². The van der Waals surface area contributed by atoms with E-state index in [2.05, 4.69) is 6.92 Å². The number of carbonyl (C=O) groups is 2. The van der Waals surface area contributed by atoms with E-state index in [1.165, 1.54) is 0 Å². The summed E-state index contributed by atoms with van der Waals surface area (Å²) < 4.78 is 11.1. The van der Waals surface area contributed by atoms with Crippen molar-refractivity contribution in [2.24, 2.45) is 0 Å². The van der Waals surface area contributed by atoms with Gasteiger partial charge in [0, 0.05) is 18.5 Å². The molecule has 2 aliphatic rings. The van der Waals surface area contributed by atoms with Gasteiger partial charge in [-0.25, -0.2) is 0 Å². The minimum atomic E-state index is -0.644. The Bertz CT molecular complexity index is 1040. The van der Waals surface area contributed by atoms with Crippen molar-refractivity contribution in [1.82, 2.24) is 4.90 Å². The largest absolute Gasteiger partial charge is 0.507 e. The molecule has 0 saturated carbocycles. The number of amides is 1. The van der Waals surface area contributed by atoms with Gasteiger partial charge in [-0.05, 0) is 54.8 Å². The quantitative estimate of drug-likeness (QED) is 0.283. The van der Waals surface area contributed by atoms with Crippen LogP contribution in [0.4, 0.5) is 0 Å². The number of rotatable bonds is 8. The number of hydrogen-bond donors (Lipinski definition) is 1. The standard InChI is InChI=1S/C26H29NO5/c1-3-5-6-14-27-23(17-7-10-20(11-8-17)31-4-2)22(25(29)26(27)30)24(28)19-9-12-21-18(16-19)13-15-32-21/h7-12,16,23,28H,3-6,13-15H2,1-2H3/b24-22-. The second kappa shape index (κ2) is 9.47. The zero-order valence-electron chi connectivity index (χ0n) is 18.6. The summed E-state index contributed by atoms with van der Waals surface area (Å²) in [5, 5.41) is 11.2. The van der Waals surface area contributed by atoms with E-state index in [-0.39, 0.29) is 11.3 Å². The summed E-state index contributed by atoms with van der Waals surface area (Å²) in [6, 6.07) is 12.1. The molecule has 32 heavy (non-hydrogen) atoms. The molecule has 2 heterocycles. The smallest absolute Gasteiger partial charge is 0.295 e. The Hall–Kier alpha value is -3.28. The van der Waals surface area contributed by atoms with E-state index in [1.807, 2.05) is 37.3 Å². The topological polar surface area (TPSA) is 76.1 Å². The Balaban J connectivity index is 1.77. The highest BCUT2D eigenvalue weighted by Crippen LogP contribution is 2.40. The highest BCUT2D eigenvalue weighted by molar-refractivity contribution is 6.46. The van der Waals surface area contributed by atoms with Gasteiger partial charge in [-0.15, -0.1) is 0 Å². The van der Waals surface area contributed by atoms with Crippen LogP contribution in [0, 0.1) is 0 Å². The fourth-order valence-electron chi connectivity index (χ4n) is 4.39. The van der Waals surface area contributed by atoms with Gasteiger partial charge in [0.1, 0.15) is 17.3 Å². The highest BCUT2D eigenvalue weighted by Gasteiger charge is 2.45. The fourth-order valence-corrected chi connectivity index (χ4v) is 4.39. The van der Waals surface area contributed by atoms with E-state index in [0.29, 0.717) is 25.3 Å². The predicted molar refractivity (Wildman–Crippen MR) is 122 cm³/mol. The number of likely N-dealkylation sites (tertiary alicyclic amines) is 1. The molecule has 4 rings (SSSR count). The van der Waals surface area contributed by atoms with Gasteiger partial charge in [-0.3, -0.25) is 9.59 Å². The van der Waals surface area contributed by atoms with Crippen LogP contribution in [0.5, 0.6) is 11.5 Å². The summed E-state index contributed by atoms with van der Waals surface area (Å²) in [7, 11) is 0. The molecular formula is C26H29NO5. The van der Waals surface area contributed by atoms with Crippen LogP contribution < -0.4 is 9.47 Å². The maximum absolute atomic E-state index is 13.1. The zero-order chi connectivity index (χ0) is 22.7. The molecule has 168 valence electrons. The summed E-state index contributed by atoms with van der Waals surface area (Å²) in [4.78, 5) is 27.7. The normalized spacial score (nSPS) is 19.2. The van der Waals surface area contributed by atoms with E-state index in [9.17, 15) is 14.7 Å². The molecule has 2 aliphatic heterocycles. The van der Waals surface area contributed by atoms with Crippen molar-refractivity contribution < 1.29 is 24.2 Å². The molecule has 1 saturated heterocycles. The molecule has 0 bridgehead atoms. The predicted octanol–water partition coefficient (Wildman–Crippen LogP) is 4.63. The molecule has 1 N–H and O–H groups in total. The molecule has 0 aliphatic carbocycles. The number of aliphatic hydroxyl groups excluding tert-OH is 1. The molecule has 0 aromatic heterocycles. The van der Waals surface area contributed by atoms with Crippen LogP contribution in [0.25, 0.3) is 5.76 Å². The van der Waals surface area contributed by atoms with Crippen molar-refractivity contribution >= 4 is 17.4 Å². The first-order valence-electron chi connectivity index (χ1n) is 11.3. The molecule has 2 aromatic rings. The number of hydrogen-bond acceptors (Lipinski definition) is 5. The Kier molecular flexibility index (Phi) is 6.49. The first-order chi connectivity index (χ1) is 15.5. The maximum atomic E-state index is 13.1. The van der Waals surface area contributed by atoms with Crippen molar-refractivity contribution in [3.63, 3.8) is 0 Å². The maximum Gasteiger partial charge on any atom is 0.295 e. The van der Waals surface area contributed by atoms with Gasteiger partial charge in [-0.2, -0.15) is 0 Å². The Morgan fingerprint density at radius 2 is 1.91 bits per heavy atom. The number of benzene rings is 2. The highest BCUT2D eigenvalue weighted by atomic mass is 16.5. The van der Waals surface area contributed by atoms with E-state index in [4.69, 9.17) is 9.47 Å². The molecule has 1 fully saturated rings. The van der Waals surface area contributed by atoms with Crippen LogP contribution in [-0.4, -0.2) is 41.5 Å². The number of aliphatic hydroxyl groups is 1. The van der Waals surface area contributed by atoms with Crippen molar-refractivity contribution in [2.75, 3.05) is 19.8 Å². The minimum absolute atomic E-state index is 0.134. The van der Waals surface area contributed by atoms with Crippen LogP contribution in [0.15, 0.2) is 48.0 Å². The summed E-state index contributed by atoms with van der Waals surface area (Å²) in [5.41, 5.74) is 2.42. The number of Topliss-reactive ketones (excluding diaryl/α,β-unsaturated/α-hetero) is 1. The molecule has 1 amide bonds. The molecule has 0 radical (unpaired) electrons. The van der Waals surface area contributed by atoms with Crippen LogP contribution in [0.3, 0.4) is 0 Å². The molecule has 2 aromatic carbocycles. The summed E-state index contributed by atoms with van der Waals surface area (Å²) in [6.07, 6.45) is 3.52. The Morgan fingerprint density at radius 1 is 1.12 bits per heavy atom. The number of carbonyl (C=O) groups excluding carboxylic acids is 2. The van der Waals surface area contributed by atoms with E-state index < -0.39 is 17.7 Å². The third kappa shape index (κ3) is 4.09. The van der Waals surface area contributed by atoms with Gasteiger partial charge in [-0.1, -0.05) is 31.9 Å². The number of unbranched alkanes of at least 4 members (excludes halogenated alkanes) is 2. The molecular weight excluding hydrogens is 406 g/mol. The van der Waals surface area contributed by atoms with Gasteiger partial charge in [0.15, 0.2) is 0 Å². The fraction of sp³-hybridized carbons (Fsp3) is 0.385. The molecule has 1 atom stereocenters. The number of ketones is 1. The third-order valence-corrected chi connectivity index (χ3v) is 6.01. The first-order valence-corrected chi connectivity index (χ1v) is 11.3. The zero-order valence-corrected chi connectivity index (χ0v) is 18.6. The average Bonchev–Trinajstić information content (AvgIpc) is 3.37. The monoisotopic (exact) mass is 435 g/mol. The Labute approximate surface area is 188 Å². The second-order valence-corrected chi connectivity index (χ2v) is 8.12. The van der Waals surface area contributed by atoms with E-state index in [1.54, 1.807) is 17.0 Å². The van der Waals surface area contributed by atoms with E-state index in [0.717, 1.165) is 48.3 Å². The van der Waals surface area contributed by atoms with Crippen molar-refractivity contribution in [1.29, 1.82) is 0 Å². The molecule has 0 spiro atoms. The minimum Gasteiger partial charge on any atom is -0.507 e. The van der Waals surface area contributed by atoms with Crippen molar-refractivity contribution in [3.8, 4) is 11.5 Å². The number of nitrogens with zero attached hydrogens (tertiary/aromatic N) is 1. The van der Waals surface area contributed by atoms with Crippen LogP contribution in [-0.2, 0) is 16.0 Å². The van der Waals surface area contributed by atoms with Crippen molar-refractivity contribution in [3.05, 3.63) is 64.7 Å². The lowest BCUT2D eigenvalue weighted by molar-refractivity contribution is -0.139. The number of fused-ring (bicyclic) bond motifs is 1. The Morgan fingerprint density at radius 3 is 2.62 bits per heavy atom. The lowest BCUT2D eigenvalue weighted by atomic mass is 9.94. The van der Waals surface area contributed by atoms with Gasteiger partial charge >= 0.3 is 0 Å². The molecule has 1 unspecified atom stereocenters. The lowest BCUT2D eigenvalue weighted by Crippen LogP contribution is -2.30. The van der Waals surface area contributed by atoms with Gasteiger partial charge < -0.3 is 19.5 Å². The first kappa shape index (κ1) is 21.9. The van der Waals surface area contributed by atoms with Crippen LogP contribution in [0.2, 0.25) is 0 Å². The summed E-state index contributed by atoms with van der Waals surface area (Å²) in [5.74, 6) is 0.165. The third-order valence-electron chi connectivity index (χ3n) is 6.01. The van der Waals surface area contributed by atoms with Gasteiger partial charge in [0.2, 0.25) is 0 Å². The second-order valence-electron chi connectivity index (χ2n) is 8.12. The molecule has 6 heteroatoms. The van der Waals surface area contributed by atoms with Crippen LogP contribution >= 0.6 is 0 Å².